The van der Waals surface area contributed by atoms with Crippen molar-refractivity contribution >= 4 is 17.0 Å². The summed E-state index contributed by atoms with van der Waals surface area (Å²) >= 11 is 1.53. The average Bonchev–Trinajstić information content (AvgIpc) is 2.84. The minimum Gasteiger partial charge on any atom is -0.504 e. The van der Waals surface area contributed by atoms with Gasteiger partial charge in [0.1, 0.15) is 6.07 Å². The zero-order valence-corrected chi connectivity index (χ0v) is 10.6. The Bertz CT molecular complexity index is 587. The first-order valence-electron chi connectivity index (χ1n) is 5.31. The van der Waals surface area contributed by atoms with Gasteiger partial charge in [-0.2, -0.15) is 5.26 Å². The fourth-order valence-electron chi connectivity index (χ4n) is 1.52. The molecule has 0 radical (unpaired) electrons. The highest BCUT2D eigenvalue weighted by Gasteiger charge is 2.03. The number of rotatable bonds is 4. The van der Waals surface area contributed by atoms with Gasteiger partial charge in [0.2, 0.25) is 0 Å². The molecule has 92 valence electrons. The summed E-state index contributed by atoms with van der Waals surface area (Å²) in [6, 6.07) is 9.08. The lowest BCUT2D eigenvalue weighted by Crippen LogP contribution is -1.97. The molecule has 0 saturated heterocycles. The molecule has 1 heterocycles. The summed E-state index contributed by atoms with van der Waals surface area (Å²) in [7, 11) is 1.51. The lowest BCUT2D eigenvalue weighted by molar-refractivity contribution is 0.373. The van der Waals surface area contributed by atoms with Gasteiger partial charge in [0.05, 0.1) is 12.7 Å². The van der Waals surface area contributed by atoms with Crippen LogP contribution in [0.25, 0.3) is 0 Å². The van der Waals surface area contributed by atoms with Crippen molar-refractivity contribution in [2.75, 3.05) is 12.4 Å². The van der Waals surface area contributed by atoms with Gasteiger partial charge in [-0.3, -0.25) is 0 Å². The van der Waals surface area contributed by atoms with Crippen molar-refractivity contribution in [2.45, 2.75) is 6.54 Å². The van der Waals surface area contributed by atoms with Crippen LogP contribution in [0.2, 0.25) is 0 Å². The van der Waals surface area contributed by atoms with Gasteiger partial charge in [-0.15, -0.1) is 11.3 Å². The fourth-order valence-corrected chi connectivity index (χ4v) is 2.27. The number of phenolic OH excluding ortho intramolecular Hbond substituents is 1. The van der Waals surface area contributed by atoms with Crippen molar-refractivity contribution in [1.82, 2.24) is 0 Å². The largest absolute Gasteiger partial charge is 0.504 e. The van der Waals surface area contributed by atoms with E-state index in [1.165, 1.54) is 18.4 Å². The molecule has 0 aliphatic carbocycles. The minimum absolute atomic E-state index is 0.103. The Morgan fingerprint density at radius 2 is 2.28 bits per heavy atom. The van der Waals surface area contributed by atoms with Crippen LogP contribution in [0, 0.1) is 11.3 Å². The van der Waals surface area contributed by atoms with Crippen LogP contribution in [-0.4, -0.2) is 12.2 Å². The average molecular weight is 260 g/mol. The van der Waals surface area contributed by atoms with Crippen molar-refractivity contribution in [3.63, 3.8) is 0 Å². The molecule has 1 aromatic heterocycles. The van der Waals surface area contributed by atoms with Crippen LogP contribution in [0.1, 0.15) is 10.4 Å². The maximum Gasteiger partial charge on any atom is 0.160 e. The zero-order valence-electron chi connectivity index (χ0n) is 9.80. The molecule has 0 unspecified atom stereocenters. The van der Waals surface area contributed by atoms with E-state index in [0.29, 0.717) is 17.9 Å². The Balaban J connectivity index is 2.02. The van der Waals surface area contributed by atoms with E-state index in [1.54, 1.807) is 12.1 Å². The second kappa shape index (κ2) is 5.43. The highest BCUT2D eigenvalue weighted by Crippen LogP contribution is 2.28. The summed E-state index contributed by atoms with van der Waals surface area (Å²) < 4.78 is 4.97. The lowest BCUT2D eigenvalue weighted by atomic mass is 10.2. The molecule has 5 heteroatoms. The van der Waals surface area contributed by atoms with E-state index in [1.807, 2.05) is 17.5 Å². The van der Waals surface area contributed by atoms with Crippen molar-refractivity contribution < 1.29 is 9.84 Å². The number of nitriles is 1. The van der Waals surface area contributed by atoms with E-state index in [9.17, 15) is 5.11 Å². The highest BCUT2D eigenvalue weighted by molar-refractivity contribution is 7.10. The molecule has 0 atom stereocenters. The molecular formula is C13H12N2O2S. The monoisotopic (exact) mass is 260 g/mol. The quantitative estimate of drug-likeness (QED) is 0.887. The third kappa shape index (κ3) is 2.73. The second-order valence-corrected chi connectivity index (χ2v) is 4.65. The molecule has 0 bridgehead atoms. The molecule has 2 N–H and O–H groups in total. The van der Waals surface area contributed by atoms with Crippen LogP contribution in [0.4, 0.5) is 5.69 Å². The van der Waals surface area contributed by atoms with Crippen molar-refractivity contribution in [3.05, 3.63) is 40.1 Å². The van der Waals surface area contributed by atoms with Gasteiger partial charge in [0.25, 0.3) is 0 Å². The van der Waals surface area contributed by atoms with Crippen LogP contribution in [-0.2, 0) is 6.54 Å². The standard InChI is InChI=1S/C13H12N2O2S/c1-17-13-3-2-10(5-12(13)16)15-7-11-4-9(6-14)8-18-11/h2-5,8,15-16H,7H2,1H3. The van der Waals surface area contributed by atoms with E-state index < -0.39 is 0 Å². The fraction of sp³-hybridized carbons (Fsp3) is 0.154. The summed E-state index contributed by atoms with van der Waals surface area (Å²) in [5, 5.41) is 23.3. The smallest absolute Gasteiger partial charge is 0.160 e. The number of anilines is 1. The number of methoxy groups -OCH3 is 1. The van der Waals surface area contributed by atoms with E-state index in [4.69, 9.17) is 10.00 Å². The number of nitrogens with one attached hydrogen (secondary N) is 1. The molecule has 2 rings (SSSR count). The molecule has 0 spiro atoms. The first kappa shape index (κ1) is 12.3. The summed E-state index contributed by atoms with van der Waals surface area (Å²) in [6.07, 6.45) is 0. The number of benzene rings is 1. The molecule has 0 aliphatic rings. The maximum absolute atomic E-state index is 9.63. The third-order valence-electron chi connectivity index (χ3n) is 2.43. The van der Waals surface area contributed by atoms with Crippen LogP contribution in [0.3, 0.4) is 0 Å². The van der Waals surface area contributed by atoms with Gasteiger partial charge in [-0.05, 0) is 18.2 Å². The van der Waals surface area contributed by atoms with Crippen LogP contribution in [0.5, 0.6) is 11.5 Å². The number of hydrogen-bond donors (Lipinski definition) is 2. The minimum atomic E-state index is 0.103. The maximum atomic E-state index is 9.63. The first-order valence-corrected chi connectivity index (χ1v) is 6.19. The Morgan fingerprint density at radius 1 is 1.44 bits per heavy atom. The number of ether oxygens (including phenoxy) is 1. The second-order valence-electron chi connectivity index (χ2n) is 3.65. The number of phenols is 1. The van der Waals surface area contributed by atoms with Crippen LogP contribution >= 0.6 is 11.3 Å². The Hall–Kier alpha value is -2.19. The molecule has 0 amide bonds. The Kier molecular flexibility index (Phi) is 3.70. The van der Waals surface area contributed by atoms with Crippen LogP contribution < -0.4 is 10.1 Å². The molecule has 0 saturated carbocycles. The Labute approximate surface area is 109 Å². The number of hydrogen-bond acceptors (Lipinski definition) is 5. The van der Waals surface area contributed by atoms with E-state index in [-0.39, 0.29) is 5.75 Å². The molecule has 1 aromatic carbocycles. The third-order valence-corrected chi connectivity index (χ3v) is 3.37. The number of nitrogens with zero attached hydrogens (tertiary/aromatic N) is 1. The predicted octanol–water partition coefficient (Wildman–Crippen LogP) is 2.95. The number of thiophene rings is 1. The molecule has 4 nitrogen and oxygen atoms in total. The predicted molar refractivity (Wildman–Crippen MR) is 71.0 cm³/mol. The van der Waals surface area contributed by atoms with Crippen LogP contribution in [0.15, 0.2) is 29.6 Å². The summed E-state index contributed by atoms with van der Waals surface area (Å²) in [5.74, 6) is 0.551. The SMILES string of the molecule is COc1ccc(NCc2cc(C#N)cs2)cc1O. The summed E-state index contributed by atoms with van der Waals surface area (Å²) in [6.45, 7) is 0.623. The molecule has 0 aliphatic heterocycles. The summed E-state index contributed by atoms with van der Waals surface area (Å²) in [5.41, 5.74) is 1.48. The topological polar surface area (TPSA) is 65.3 Å². The molecule has 0 fully saturated rings. The zero-order chi connectivity index (χ0) is 13.0. The van der Waals surface area contributed by atoms with Gasteiger partial charge < -0.3 is 15.2 Å². The highest BCUT2D eigenvalue weighted by atomic mass is 32.1. The van der Waals surface area contributed by atoms with Crippen molar-refractivity contribution in [1.29, 1.82) is 5.26 Å². The van der Waals surface area contributed by atoms with Gasteiger partial charge >= 0.3 is 0 Å². The molecule has 18 heavy (non-hydrogen) atoms. The van der Waals surface area contributed by atoms with Crippen molar-refractivity contribution in [2.24, 2.45) is 0 Å². The Morgan fingerprint density at radius 3 is 2.89 bits per heavy atom. The van der Waals surface area contributed by atoms with E-state index in [0.717, 1.165) is 10.6 Å². The van der Waals surface area contributed by atoms with E-state index in [2.05, 4.69) is 11.4 Å². The lowest BCUT2D eigenvalue weighted by Gasteiger charge is -2.07. The van der Waals surface area contributed by atoms with Gasteiger partial charge in [-0.25, -0.2) is 0 Å². The first-order chi connectivity index (χ1) is 8.72. The molecular weight excluding hydrogens is 248 g/mol. The van der Waals surface area contributed by atoms with Gasteiger partial charge in [0.15, 0.2) is 11.5 Å². The van der Waals surface area contributed by atoms with E-state index >= 15 is 0 Å². The van der Waals surface area contributed by atoms with Gasteiger partial charge in [-0.1, -0.05) is 0 Å². The molecule has 2 aromatic rings. The summed E-state index contributed by atoms with van der Waals surface area (Å²) in [4.78, 5) is 1.07. The number of aromatic hydroxyl groups is 1. The van der Waals surface area contributed by atoms with Crippen molar-refractivity contribution in [3.8, 4) is 17.6 Å². The van der Waals surface area contributed by atoms with Gasteiger partial charge in [0, 0.05) is 28.6 Å². The normalized spacial score (nSPS) is 9.78.